The number of hydrogen-bond donors (Lipinski definition) is 0. The maximum Gasteiger partial charge on any atom is 0.306 e. The lowest BCUT2D eigenvalue weighted by Gasteiger charge is -2.18. The highest BCUT2D eigenvalue weighted by molar-refractivity contribution is 5.71. The molecule has 358 valence electrons. The first-order valence-electron chi connectivity index (χ1n) is 26.3. The smallest absolute Gasteiger partial charge is 0.306 e. The zero-order valence-corrected chi connectivity index (χ0v) is 40.9. The predicted molar refractivity (Wildman–Crippen MR) is 265 cm³/mol. The molecular weight excluding hydrogens is 769 g/mol. The van der Waals surface area contributed by atoms with Gasteiger partial charge in [0.1, 0.15) is 13.2 Å². The van der Waals surface area contributed by atoms with Gasteiger partial charge in [0.05, 0.1) is 0 Å². The molecule has 0 spiro atoms. The molecule has 0 rings (SSSR count). The van der Waals surface area contributed by atoms with Crippen molar-refractivity contribution in [2.75, 3.05) is 13.2 Å². The van der Waals surface area contributed by atoms with E-state index in [0.717, 1.165) is 89.9 Å². The van der Waals surface area contributed by atoms with E-state index in [9.17, 15) is 14.4 Å². The average molecular weight is 867 g/mol. The van der Waals surface area contributed by atoms with E-state index in [1.165, 1.54) is 128 Å². The van der Waals surface area contributed by atoms with E-state index in [2.05, 4.69) is 81.5 Å². The van der Waals surface area contributed by atoms with Gasteiger partial charge in [0.2, 0.25) is 0 Å². The lowest BCUT2D eigenvalue weighted by atomic mass is 10.1. The monoisotopic (exact) mass is 867 g/mol. The summed E-state index contributed by atoms with van der Waals surface area (Å²) in [6.45, 7) is 6.47. The Morgan fingerprint density at radius 1 is 0.339 bits per heavy atom. The molecule has 0 heterocycles. The van der Waals surface area contributed by atoms with Crippen LogP contribution in [-0.4, -0.2) is 37.2 Å². The normalized spacial score (nSPS) is 12.5. The molecule has 0 saturated carbocycles. The van der Waals surface area contributed by atoms with E-state index in [4.69, 9.17) is 14.2 Å². The number of ether oxygens (including phenoxy) is 3. The van der Waals surface area contributed by atoms with Crippen LogP contribution in [0, 0.1) is 0 Å². The highest BCUT2D eigenvalue weighted by atomic mass is 16.6. The molecule has 0 aliphatic heterocycles. The quantitative estimate of drug-likeness (QED) is 0.0262. The zero-order chi connectivity index (χ0) is 45.1. The fraction of sp³-hybridized carbons (Fsp3) is 0.768. The molecule has 0 saturated heterocycles. The average Bonchev–Trinajstić information content (AvgIpc) is 3.27. The Bertz CT molecular complexity index is 1130. The zero-order valence-electron chi connectivity index (χ0n) is 40.9. The van der Waals surface area contributed by atoms with Crippen molar-refractivity contribution in [2.24, 2.45) is 0 Å². The highest BCUT2D eigenvalue weighted by Gasteiger charge is 2.19. The summed E-state index contributed by atoms with van der Waals surface area (Å²) in [5, 5.41) is 0. The summed E-state index contributed by atoms with van der Waals surface area (Å²) in [5.74, 6) is -0.927. The summed E-state index contributed by atoms with van der Waals surface area (Å²) in [6.07, 6.45) is 62.1. The van der Waals surface area contributed by atoms with Crippen LogP contribution in [-0.2, 0) is 28.6 Å². The largest absolute Gasteiger partial charge is 0.462 e. The molecule has 6 nitrogen and oxygen atoms in total. The summed E-state index contributed by atoms with van der Waals surface area (Å²) in [7, 11) is 0. The number of hydrogen-bond acceptors (Lipinski definition) is 6. The number of carbonyl (C=O) groups is 3. The molecule has 6 heteroatoms. The fourth-order valence-corrected chi connectivity index (χ4v) is 7.27. The summed E-state index contributed by atoms with van der Waals surface area (Å²) < 4.78 is 16.8. The van der Waals surface area contributed by atoms with Gasteiger partial charge in [0.15, 0.2) is 6.10 Å². The third-order valence-electron chi connectivity index (χ3n) is 11.2. The van der Waals surface area contributed by atoms with Gasteiger partial charge in [-0.2, -0.15) is 0 Å². The molecule has 0 aliphatic rings. The molecular formula is C56H98O6. The van der Waals surface area contributed by atoms with Gasteiger partial charge in [-0.05, 0) is 103 Å². The van der Waals surface area contributed by atoms with Crippen LogP contribution >= 0.6 is 0 Å². The number of unbranched alkanes of at least 4 members (excludes halogenated alkanes) is 26. The lowest BCUT2D eigenvalue weighted by molar-refractivity contribution is -0.167. The third-order valence-corrected chi connectivity index (χ3v) is 11.2. The molecule has 0 N–H and O–H groups in total. The van der Waals surface area contributed by atoms with E-state index in [-0.39, 0.29) is 31.1 Å². The van der Waals surface area contributed by atoms with Crippen LogP contribution in [0.4, 0.5) is 0 Å². The molecule has 0 aromatic carbocycles. The maximum absolute atomic E-state index is 12.8. The molecule has 0 aromatic heterocycles. The number of carbonyl (C=O) groups excluding carboxylic acids is 3. The van der Waals surface area contributed by atoms with E-state index in [1.54, 1.807) is 0 Å². The van der Waals surface area contributed by atoms with Gasteiger partial charge in [-0.1, -0.05) is 197 Å². The molecule has 0 amide bonds. The highest BCUT2D eigenvalue weighted by Crippen LogP contribution is 2.14. The Kier molecular flexibility index (Phi) is 48.4. The van der Waals surface area contributed by atoms with Crippen molar-refractivity contribution in [3.05, 3.63) is 60.8 Å². The standard InChI is InChI=1S/C56H98O6/c1-4-7-10-13-16-19-22-25-26-27-28-29-30-32-34-37-40-43-46-49-55(58)61-52-53(51-60-54(57)48-45-42-39-36-33-24-21-18-15-12-9-6-3)62-56(59)50-47-44-41-38-35-31-23-20-17-14-11-8-5-2/h8,11,17-18,20-21,25-26,31,35,53H,4-7,9-10,12-16,19,22-24,27-30,32-34,36-52H2,1-3H3/b11-8-,20-17-,21-18-,26-25-,35-31-. The first-order valence-corrected chi connectivity index (χ1v) is 26.3. The molecule has 0 radical (unpaired) electrons. The minimum Gasteiger partial charge on any atom is -0.462 e. The number of rotatable bonds is 47. The Hall–Kier alpha value is -2.89. The van der Waals surface area contributed by atoms with Crippen molar-refractivity contribution in [3.63, 3.8) is 0 Å². The van der Waals surface area contributed by atoms with Crippen LogP contribution in [0.1, 0.15) is 258 Å². The first kappa shape index (κ1) is 59.1. The van der Waals surface area contributed by atoms with E-state index in [0.29, 0.717) is 19.3 Å². The minimum absolute atomic E-state index is 0.0893. The number of allylic oxidation sites excluding steroid dienone is 10. The van der Waals surface area contributed by atoms with Gasteiger partial charge < -0.3 is 14.2 Å². The Morgan fingerprint density at radius 3 is 1.05 bits per heavy atom. The second-order valence-electron chi connectivity index (χ2n) is 17.4. The molecule has 1 unspecified atom stereocenters. The number of esters is 3. The second-order valence-corrected chi connectivity index (χ2v) is 17.4. The van der Waals surface area contributed by atoms with E-state index in [1.807, 2.05) is 0 Å². The van der Waals surface area contributed by atoms with Gasteiger partial charge in [-0.25, -0.2) is 0 Å². The molecule has 0 bridgehead atoms. The lowest BCUT2D eigenvalue weighted by Crippen LogP contribution is -2.30. The van der Waals surface area contributed by atoms with Crippen molar-refractivity contribution in [3.8, 4) is 0 Å². The molecule has 0 aliphatic carbocycles. The van der Waals surface area contributed by atoms with Crippen LogP contribution in [0.25, 0.3) is 0 Å². The molecule has 0 aromatic rings. The third kappa shape index (κ3) is 48.1. The van der Waals surface area contributed by atoms with Crippen LogP contribution in [0.3, 0.4) is 0 Å². The summed E-state index contributed by atoms with van der Waals surface area (Å²) in [5.41, 5.74) is 0. The van der Waals surface area contributed by atoms with Gasteiger partial charge in [0.25, 0.3) is 0 Å². The van der Waals surface area contributed by atoms with Gasteiger partial charge in [-0.15, -0.1) is 0 Å². The maximum atomic E-state index is 12.8. The topological polar surface area (TPSA) is 78.9 Å². The van der Waals surface area contributed by atoms with E-state index < -0.39 is 6.10 Å². The second kappa shape index (κ2) is 50.8. The minimum atomic E-state index is -0.792. The van der Waals surface area contributed by atoms with E-state index >= 15 is 0 Å². The van der Waals surface area contributed by atoms with Crippen LogP contribution < -0.4 is 0 Å². The van der Waals surface area contributed by atoms with Crippen molar-refractivity contribution in [1.82, 2.24) is 0 Å². The molecule has 62 heavy (non-hydrogen) atoms. The van der Waals surface area contributed by atoms with Crippen LogP contribution in [0.2, 0.25) is 0 Å². The SMILES string of the molecule is CC/C=C\C/C=C\C/C=C\CCCCCC(=O)OC(COC(=O)CCCCCCC/C=C\CCCCC)COC(=O)CCCCCCCCCCC/C=C\CCCCCCCC. The van der Waals surface area contributed by atoms with Crippen molar-refractivity contribution < 1.29 is 28.6 Å². The summed E-state index contributed by atoms with van der Waals surface area (Å²) >= 11 is 0. The summed E-state index contributed by atoms with van der Waals surface area (Å²) in [4.78, 5) is 37.9. The Labute approximate surface area is 383 Å². The molecule has 0 fully saturated rings. The fourth-order valence-electron chi connectivity index (χ4n) is 7.27. The first-order chi connectivity index (χ1) is 30.5. The van der Waals surface area contributed by atoms with Crippen molar-refractivity contribution >= 4 is 17.9 Å². The Balaban J connectivity index is 4.36. The van der Waals surface area contributed by atoms with Gasteiger partial charge in [0, 0.05) is 19.3 Å². The van der Waals surface area contributed by atoms with Crippen molar-refractivity contribution in [2.45, 2.75) is 264 Å². The van der Waals surface area contributed by atoms with Crippen LogP contribution in [0.5, 0.6) is 0 Å². The summed E-state index contributed by atoms with van der Waals surface area (Å²) in [6, 6.07) is 0. The molecule has 1 atom stereocenters. The Morgan fingerprint density at radius 2 is 0.629 bits per heavy atom. The van der Waals surface area contributed by atoms with Crippen LogP contribution in [0.15, 0.2) is 60.8 Å². The predicted octanol–water partition coefficient (Wildman–Crippen LogP) is 17.3. The van der Waals surface area contributed by atoms with Gasteiger partial charge >= 0.3 is 17.9 Å². The van der Waals surface area contributed by atoms with Gasteiger partial charge in [-0.3, -0.25) is 14.4 Å². The van der Waals surface area contributed by atoms with Crippen molar-refractivity contribution in [1.29, 1.82) is 0 Å².